The van der Waals surface area contributed by atoms with Crippen molar-refractivity contribution < 1.29 is 28.5 Å². The number of ether oxygens (including phenoxy) is 1. The van der Waals surface area contributed by atoms with E-state index in [1.807, 2.05) is 0 Å². The van der Waals surface area contributed by atoms with Gasteiger partial charge in [-0.3, -0.25) is 9.69 Å². The first-order valence-electron chi connectivity index (χ1n) is 14.4. The van der Waals surface area contributed by atoms with Gasteiger partial charge in [-0.05, 0) is 80.5 Å². The van der Waals surface area contributed by atoms with Crippen molar-refractivity contribution in [2.75, 3.05) is 39.8 Å². The van der Waals surface area contributed by atoms with Crippen LogP contribution in [0.25, 0.3) is 6.08 Å². The zero-order chi connectivity index (χ0) is 28.4. The summed E-state index contributed by atoms with van der Waals surface area (Å²) in [5.41, 5.74) is 5.04. The monoisotopic (exact) mass is 557 g/mol. The minimum atomic E-state index is -1.37. The molecule has 3 N–H and O–H groups in total. The van der Waals surface area contributed by atoms with E-state index < -0.39 is 24.2 Å². The Morgan fingerprint density at radius 1 is 1.23 bits per heavy atom. The van der Waals surface area contributed by atoms with E-state index in [1.54, 1.807) is 12.0 Å². The molecule has 4 atom stereocenters. The molecule has 0 saturated carbocycles. The second kappa shape index (κ2) is 12.4. The fraction of sp³-hybridized carbons (Fsp3) is 0.581. The summed E-state index contributed by atoms with van der Waals surface area (Å²) in [7, 11) is 1.70. The van der Waals surface area contributed by atoms with Crippen molar-refractivity contribution in [3.63, 3.8) is 0 Å². The SMILES string of the molecule is COC1=Cc2c([nH]c(C)c2C2CCN(CC(O)C3CCN(C(=O)/C=C/C4=CC(F)CC(F)=C4)CC3)CC2O)CC1. The van der Waals surface area contributed by atoms with Gasteiger partial charge in [-0.25, -0.2) is 8.78 Å². The van der Waals surface area contributed by atoms with E-state index in [-0.39, 0.29) is 24.2 Å². The number of aryl methyl sites for hydroxylation is 2. The Hall–Kier alpha value is -2.75. The summed E-state index contributed by atoms with van der Waals surface area (Å²) in [5, 5.41) is 22.2. The van der Waals surface area contributed by atoms with Crippen LogP contribution in [-0.2, 0) is 16.0 Å². The maximum Gasteiger partial charge on any atom is 0.246 e. The maximum absolute atomic E-state index is 13.5. The molecule has 0 radical (unpaired) electrons. The van der Waals surface area contributed by atoms with Crippen molar-refractivity contribution in [3.05, 3.63) is 64.0 Å². The lowest BCUT2D eigenvalue weighted by Gasteiger charge is -2.40. The van der Waals surface area contributed by atoms with Gasteiger partial charge in [0.1, 0.15) is 12.0 Å². The number of aromatic nitrogens is 1. The van der Waals surface area contributed by atoms with Crippen molar-refractivity contribution in [3.8, 4) is 0 Å². The second-order valence-corrected chi connectivity index (χ2v) is 11.6. The molecule has 0 bridgehead atoms. The van der Waals surface area contributed by atoms with Gasteiger partial charge in [-0.1, -0.05) is 0 Å². The molecule has 2 aliphatic carbocycles. The number of aromatic amines is 1. The van der Waals surface area contributed by atoms with Gasteiger partial charge in [-0.2, -0.15) is 0 Å². The third kappa shape index (κ3) is 6.42. The fourth-order valence-corrected chi connectivity index (χ4v) is 6.74. The molecular weight excluding hydrogens is 516 g/mol. The molecule has 1 aromatic rings. The van der Waals surface area contributed by atoms with Crippen molar-refractivity contribution >= 4 is 12.0 Å². The molecule has 1 aromatic heterocycles. The first kappa shape index (κ1) is 28.8. The van der Waals surface area contributed by atoms with Gasteiger partial charge in [0.2, 0.25) is 5.91 Å². The number of fused-ring (bicyclic) bond motifs is 1. The number of piperidine rings is 2. The number of carbonyl (C=O) groups is 1. The molecule has 0 aromatic carbocycles. The number of halogens is 2. The van der Waals surface area contributed by atoms with Crippen LogP contribution in [0.15, 0.2) is 41.5 Å². The van der Waals surface area contributed by atoms with Gasteiger partial charge < -0.3 is 24.8 Å². The predicted molar refractivity (Wildman–Crippen MR) is 150 cm³/mol. The van der Waals surface area contributed by atoms with Crippen molar-refractivity contribution in [1.29, 1.82) is 0 Å². The lowest BCUT2D eigenvalue weighted by Crippen LogP contribution is -2.48. The molecular formula is C31H41F2N3O4. The standard InChI is InChI=1S/C31H41F2N3O4/c1-19-31(26-16-24(40-2)4-5-27(26)34-19)25-9-10-35(18-29(25)38)17-28(37)21-7-11-36(12-8-21)30(39)6-3-20-13-22(32)15-23(33)14-20/h3,6,13-14,16,21-22,25,28-29,34,37-38H,4-5,7-12,15,17-18H2,1-2H3/b6-3+. The first-order chi connectivity index (χ1) is 19.2. The molecule has 4 aliphatic rings. The van der Waals surface area contributed by atoms with E-state index >= 15 is 0 Å². The number of methoxy groups -OCH3 is 1. The van der Waals surface area contributed by atoms with Gasteiger partial charge in [0.25, 0.3) is 0 Å². The molecule has 7 nitrogen and oxygen atoms in total. The van der Waals surface area contributed by atoms with Crippen molar-refractivity contribution in [2.45, 2.75) is 69.7 Å². The number of β-amino-alcohol motifs (C(OH)–C–C–N with tert-alkyl or cyclic N) is 2. The maximum atomic E-state index is 13.5. The van der Waals surface area contributed by atoms with E-state index in [0.717, 1.165) is 37.3 Å². The third-order valence-corrected chi connectivity index (χ3v) is 8.93. The highest BCUT2D eigenvalue weighted by Crippen LogP contribution is 2.38. The fourth-order valence-electron chi connectivity index (χ4n) is 6.74. The smallest absolute Gasteiger partial charge is 0.246 e. The normalized spacial score (nSPS) is 27.2. The molecule has 40 heavy (non-hydrogen) atoms. The summed E-state index contributed by atoms with van der Waals surface area (Å²) in [6.45, 7) is 4.93. The summed E-state index contributed by atoms with van der Waals surface area (Å²) >= 11 is 0. The van der Waals surface area contributed by atoms with Gasteiger partial charge in [-0.15, -0.1) is 0 Å². The highest BCUT2D eigenvalue weighted by atomic mass is 19.1. The van der Waals surface area contributed by atoms with E-state index in [9.17, 15) is 23.8 Å². The summed E-state index contributed by atoms with van der Waals surface area (Å²) in [6.07, 6.45) is 8.80. The van der Waals surface area contributed by atoms with Gasteiger partial charge in [0, 0.05) is 68.0 Å². The Balaban J connectivity index is 1.11. The number of likely N-dealkylation sites (tertiary alicyclic amines) is 2. The van der Waals surface area contributed by atoms with Crippen LogP contribution in [0.3, 0.4) is 0 Å². The molecule has 3 heterocycles. The number of nitrogens with zero attached hydrogens (tertiary/aromatic N) is 2. The van der Waals surface area contributed by atoms with Gasteiger partial charge in [0.05, 0.1) is 25.1 Å². The molecule has 2 saturated heterocycles. The molecule has 2 aliphatic heterocycles. The van der Waals surface area contributed by atoms with Crippen LogP contribution in [0, 0.1) is 12.8 Å². The largest absolute Gasteiger partial charge is 0.501 e. The summed E-state index contributed by atoms with van der Waals surface area (Å²) in [6, 6.07) is 0. The van der Waals surface area contributed by atoms with Gasteiger partial charge in [0.15, 0.2) is 0 Å². The minimum Gasteiger partial charge on any atom is -0.501 e. The lowest BCUT2D eigenvalue weighted by molar-refractivity contribution is -0.128. The first-order valence-corrected chi connectivity index (χ1v) is 14.4. The molecule has 2 fully saturated rings. The number of alkyl halides is 1. The topological polar surface area (TPSA) is 89.0 Å². The Morgan fingerprint density at radius 2 is 2.00 bits per heavy atom. The lowest BCUT2D eigenvalue weighted by atomic mass is 9.83. The number of nitrogens with one attached hydrogen (secondary N) is 1. The van der Waals surface area contributed by atoms with E-state index in [1.165, 1.54) is 41.1 Å². The average molecular weight is 558 g/mol. The highest BCUT2D eigenvalue weighted by molar-refractivity contribution is 5.88. The van der Waals surface area contributed by atoms with Crippen molar-refractivity contribution in [1.82, 2.24) is 14.8 Å². The van der Waals surface area contributed by atoms with Crippen LogP contribution in [0.4, 0.5) is 8.78 Å². The number of allylic oxidation sites excluding steroid dienone is 6. The zero-order valence-electron chi connectivity index (χ0n) is 23.4. The highest BCUT2D eigenvalue weighted by Gasteiger charge is 2.35. The van der Waals surface area contributed by atoms with Crippen LogP contribution < -0.4 is 0 Å². The quantitative estimate of drug-likeness (QED) is 0.440. The average Bonchev–Trinajstić information content (AvgIpc) is 3.26. The summed E-state index contributed by atoms with van der Waals surface area (Å²) in [4.78, 5) is 20.0. The number of aliphatic hydroxyl groups excluding tert-OH is 2. The molecule has 5 rings (SSSR count). The van der Waals surface area contributed by atoms with Crippen LogP contribution in [-0.4, -0.2) is 89.1 Å². The molecule has 218 valence electrons. The number of carbonyl (C=O) groups excluding carboxylic acids is 1. The number of hydrogen-bond acceptors (Lipinski definition) is 5. The molecule has 4 unspecified atom stereocenters. The van der Waals surface area contributed by atoms with Crippen LogP contribution in [0.1, 0.15) is 60.5 Å². The van der Waals surface area contributed by atoms with Gasteiger partial charge >= 0.3 is 0 Å². The van der Waals surface area contributed by atoms with Crippen LogP contribution in [0.2, 0.25) is 0 Å². The van der Waals surface area contributed by atoms with E-state index in [0.29, 0.717) is 44.6 Å². The number of amides is 1. The number of aliphatic hydroxyl groups is 2. The van der Waals surface area contributed by atoms with E-state index in [4.69, 9.17) is 4.74 Å². The van der Waals surface area contributed by atoms with Crippen LogP contribution in [0.5, 0.6) is 0 Å². The molecule has 1 amide bonds. The number of rotatable bonds is 7. The zero-order valence-corrected chi connectivity index (χ0v) is 23.4. The van der Waals surface area contributed by atoms with E-state index in [2.05, 4.69) is 22.9 Å². The Labute approximate surface area is 234 Å². The molecule has 0 spiro atoms. The third-order valence-electron chi connectivity index (χ3n) is 8.93. The number of H-pyrrole nitrogens is 1. The Morgan fingerprint density at radius 3 is 2.70 bits per heavy atom. The number of hydrogen-bond donors (Lipinski definition) is 3. The Bertz CT molecular complexity index is 1210. The van der Waals surface area contributed by atoms with Crippen LogP contribution >= 0.6 is 0 Å². The van der Waals surface area contributed by atoms with Crippen molar-refractivity contribution in [2.24, 2.45) is 5.92 Å². The Kier molecular flexibility index (Phi) is 8.92. The minimum absolute atomic E-state index is 0.0373. The molecule has 9 heteroatoms. The second-order valence-electron chi connectivity index (χ2n) is 11.6. The summed E-state index contributed by atoms with van der Waals surface area (Å²) < 4.78 is 32.5. The predicted octanol–water partition coefficient (Wildman–Crippen LogP) is 4.08. The summed E-state index contributed by atoms with van der Waals surface area (Å²) in [5.74, 6) is 0.365.